The number of pyridine rings is 1. The third-order valence-corrected chi connectivity index (χ3v) is 3.81. The fraction of sp³-hybridized carbons (Fsp3) is 0.167. The van der Waals surface area contributed by atoms with Crippen LogP contribution in [0.5, 0.6) is 5.75 Å². The second-order valence-corrected chi connectivity index (χ2v) is 5.17. The molecule has 2 N–H and O–H groups in total. The zero-order valence-corrected chi connectivity index (χ0v) is 12.0. The molecule has 0 aliphatic heterocycles. The molecular formula is C18H18N2O. The van der Waals surface area contributed by atoms with Gasteiger partial charge >= 0.3 is 0 Å². The number of aromatic hydroxyl groups is 1. The second kappa shape index (κ2) is 5.94. The second-order valence-electron chi connectivity index (χ2n) is 5.17. The number of fused-ring (bicyclic) bond motifs is 1. The minimum atomic E-state index is 0.200. The molecule has 0 bridgehead atoms. The molecule has 0 saturated heterocycles. The number of aromatic nitrogens is 1. The minimum Gasteiger partial charge on any atom is -0.508 e. The Morgan fingerprint density at radius 1 is 1.05 bits per heavy atom. The molecule has 0 unspecified atom stereocenters. The standard InChI is InChI=1S/C18H18N2O/c1-13(14-8-10-19-11-9-14)20-12-17-16-5-3-2-4-15(16)6-7-18(17)21/h2-11,13,20-21H,12H2,1H3/t13-/m1/s1. The number of rotatable bonds is 4. The van der Waals surface area contributed by atoms with Crippen LogP contribution in [-0.2, 0) is 6.54 Å². The number of phenols is 1. The van der Waals surface area contributed by atoms with Gasteiger partial charge in [-0.25, -0.2) is 0 Å². The molecule has 0 saturated carbocycles. The number of nitrogens with zero attached hydrogens (tertiary/aromatic N) is 1. The van der Waals surface area contributed by atoms with Crippen molar-refractivity contribution in [2.45, 2.75) is 19.5 Å². The Morgan fingerprint density at radius 2 is 1.81 bits per heavy atom. The molecule has 0 aliphatic carbocycles. The molecule has 0 aliphatic rings. The van der Waals surface area contributed by atoms with E-state index < -0.39 is 0 Å². The molecule has 3 heteroatoms. The van der Waals surface area contributed by atoms with Crippen LogP contribution in [0.1, 0.15) is 24.1 Å². The fourth-order valence-corrected chi connectivity index (χ4v) is 2.54. The van der Waals surface area contributed by atoms with Crippen LogP contribution in [0, 0.1) is 0 Å². The average Bonchev–Trinajstić information content (AvgIpc) is 2.54. The van der Waals surface area contributed by atoms with Gasteiger partial charge in [-0.3, -0.25) is 4.98 Å². The largest absolute Gasteiger partial charge is 0.508 e. The molecule has 0 radical (unpaired) electrons. The highest BCUT2D eigenvalue weighted by Crippen LogP contribution is 2.27. The fourth-order valence-electron chi connectivity index (χ4n) is 2.54. The predicted octanol–water partition coefficient (Wildman–Crippen LogP) is 3.79. The lowest BCUT2D eigenvalue weighted by atomic mass is 10.0. The number of hydrogen-bond acceptors (Lipinski definition) is 3. The molecule has 1 heterocycles. The first-order valence-electron chi connectivity index (χ1n) is 7.08. The summed E-state index contributed by atoms with van der Waals surface area (Å²) in [6.07, 6.45) is 3.59. The summed E-state index contributed by atoms with van der Waals surface area (Å²) >= 11 is 0. The van der Waals surface area contributed by atoms with Crippen molar-refractivity contribution in [2.75, 3.05) is 0 Å². The van der Waals surface area contributed by atoms with Crippen molar-refractivity contribution in [3.05, 3.63) is 72.1 Å². The number of hydrogen-bond donors (Lipinski definition) is 2. The van der Waals surface area contributed by atoms with E-state index in [9.17, 15) is 5.11 Å². The van der Waals surface area contributed by atoms with Gasteiger partial charge in [0.1, 0.15) is 5.75 Å². The molecule has 0 spiro atoms. The van der Waals surface area contributed by atoms with Crippen LogP contribution in [0.4, 0.5) is 0 Å². The number of nitrogens with one attached hydrogen (secondary N) is 1. The SMILES string of the molecule is C[C@@H](NCc1c(O)ccc2ccccc12)c1ccncc1. The first-order valence-corrected chi connectivity index (χ1v) is 7.08. The normalized spacial score (nSPS) is 12.4. The molecule has 3 aromatic rings. The third-order valence-electron chi connectivity index (χ3n) is 3.81. The van der Waals surface area contributed by atoms with Crippen LogP contribution >= 0.6 is 0 Å². The van der Waals surface area contributed by atoms with E-state index in [4.69, 9.17) is 0 Å². The molecule has 1 atom stereocenters. The summed E-state index contributed by atoms with van der Waals surface area (Å²) in [6.45, 7) is 2.73. The van der Waals surface area contributed by atoms with Crippen LogP contribution in [0.15, 0.2) is 60.9 Å². The Labute approximate surface area is 124 Å². The van der Waals surface area contributed by atoms with Crippen LogP contribution in [0.2, 0.25) is 0 Å². The van der Waals surface area contributed by atoms with E-state index in [1.807, 2.05) is 36.4 Å². The van der Waals surface area contributed by atoms with E-state index in [1.165, 1.54) is 5.56 Å². The van der Waals surface area contributed by atoms with Crippen LogP contribution < -0.4 is 5.32 Å². The van der Waals surface area contributed by atoms with Gasteiger partial charge in [0.2, 0.25) is 0 Å². The van der Waals surface area contributed by atoms with E-state index in [0.29, 0.717) is 12.3 Å². The lowest BCUT2D eigenvalue weighted by molar-refractivity contribution is 0.462. The Kier molecular flexibility index (Phi) is 3.84. The molecule has 2 aromatic carbocycles. The highest BCUT2D eigenvalue weighted by Gasteiger charge is 2.09. The van der Waals surface area contributed by atoms with Gasteiger partial charge in [0, 0.05) is 30.5 Å². The van der Waals surface area contributed by atoms with E-state index in [2.05, 4.69) is 23.3 Å². The highest BCUT2D eigenvalue weighted by atomic mass is 16.3. The first kappa shape index (κ1) is 13.6. The third kappa shape index (κ3) is 2.88. The van der Waals surface area contributed by atoms with Crippen LogP contribution in [-0.4, -0.2) is 10.1 Å². The summed E-state index contributed by atoms with van der Waals surface area (Å²) in [5, 5.41) is 15.8. The smallest absolute Gasteiger partial charge is 0.120 e. The maximum absolute atomic E-state index is 10.1. The van der Waals surface area contributed by atoms with Gasteiger partial charge in [-0.15, -0.1) is 0 Å². The monoisotopic (exact) mass is 278 g/mol. The van der Waals surface area contributed by atoms with Crippen molar-refractivity contribution in [3.8, 4) is 5.75 Å². The zero-order chi connectivity index (χ0) is 14.7. The van der Waals surface area contributed by atoms with Crippen LogP contribution in [0.3, 0.4) is 0 Å². The Hall–Kier alpha value is -2.39. The molecular weight excluding hydrogens is 260 g/mol. The van der Waals surface area contributed by atoms with Crippen LogP contribution in [0.25, 0.3) is 10.8 Å². The van der Waals surface area contributed by atoms with Gasteiger partial charge in [0.25, 0.3) is 0 Å². The molecule has 1 aromatic heterocycles. The quantitative estimate of drug-likeness (QED) is 0.763. The average molecular weight is 278 g/mol. The van der Waals surface area contributed by atoms with E-state index in [-0.39, 0.29) is 6.04 Å². The van der Waals surface area contributed by atoms with Crippen molar-refractivity contribution >= 4 is 10.8 Å². The van der Waals surface area contributed by atoms with Crippen molar-refractivity contribution < 1.29 is 5.11 Å². The minimum absolute atomic E-state index is 0.200. The first-order chi connectivity index (χ1) is 10.3. The molecule has 0 amide bonds. The lowest BCUT2D eigenvalue weighted by Crippen LogP contribution is -2.18. The van der Waals surface area contributed by atoms with E-state index in [0.717, 1.165) is 16.3 Å². The summed E-state index contributed by atoms with van der Waals surface area (Å²) in [7, 11) is 0. The summed E-state index contributed by atoms with van der Waals surface area (Å²) in [5.41, 5.74) is 2.12. The maximum atomic E-state index is 10.1. The Bertz CT molecular complexity index is 741. The summed E-state index contributed by atoms with van der Waals surface area (Å²) < 4.78 is 0. The van der Waals surface area contributed by atoms with Gasteiger partial charge in [-0.05, 0) is 41.5 Å². The van der Waals surface area contributed by atoms with Crippen molar-refractivity contribution in [2.24, 2.45) is 0 Å². The number of phenolic OH excluding ortho intramolecular Hbond substituents is 1. The Balaban J connectivity index is 1.84. The lowest BCUT2D eigenvalue weighted by Gasteiger charge is -2.16. The zero-order valence-electron chi connectivity index (χ0n) is 12.0. The van der Waals surface area contributed by atoms with Crippen molar-refractivity contribution in [3.63, 3.8) is 0 Å². The predicted molar refractivity (Wildman–Crippen MR) is 85.1 cm³/mol. The molecule has 0 fully saturated rings. The van der Waals surface area contributed by atoms with Crippen molar-refractivity contribution in [1.29, 1.82) is 0 Å². The topological polar surface area (TPSA) is 45.1 Å². The van der Waals surface area contributed by atoms with E-state index in [1.54, 1.807) is 18.5 Å². The van der Waals surface area contributed by atoms with Gasteiger partial charge in [0.15, 0.2) is 0 Å². The van der Waals surface area contributed by atoms with Gasteiger partial charge in [-0.2, -0.15) is 0 Å². The molecule has 21 heavy (non-hydrogen) atoms. The van der Waals surface area contributed by atoms with E-state index >= 15 is 0 Å². The Morgan fingerprint density at radius 3 is 2.62 bits per heavy atom. The summed E-state index contributed by atoms with van der Waals surface area (Å²) in [6, 6.07) is 16.0. The maximum Gasteiger partial charge on any atom is 0.120 e. The number of benzene rings is 2. The van der Waals surface area contributed by atoms with Crippen molar-refractivity contribution in [1.82, 2.24) is 10.3 Å². The summed E-state index contributed by atoms with van der Waals surface area (Å²) in [5.74, 6) is 0.336. The summed E-state index contributed by atoms with van der Waals surface area (Å²) in [4.78, 5) is 4.03. The highest BCUT2D eigenvalue weighted by molar-refractivity contribution is 5.87. The molecule has 3 rings (SSSR count). The van der Waals surface area contributed by atoms with Gasteiger partial charge in [0.05, 0.1) is 0 Å². The van der Waals surface area contributed by atoms with Gasteiger partial charge in [-0.1, -0.05) is 30.3 Å². The van der Waals surface area contributed by atoms with Gasteiger partial charge < -0.3 is 10.4 Å². The molecule has 106 valence electrons. The molecule has 3 nitrogen and oxygen atoms in total.